The zero-order valence-electron chi connectivity index (χ0n) is 27.5. The van der Waals surface area contributed by atoms with Gasteiger partial charge >= 0.3 is 6.09 Å². The number of nitrogens with zero attached hydrogens (tertiary/aromatic N) is 5. The molecule has 0 aliphatic carbocycles. The number of nitrogens with one attached hydrogen (secondary N) is 3. The molecule has 47 heavy (non-hydrogen) atoms. The maximum atomic E-state index is 13.7. The van der Waals surface area contributed by atoms with Crippen molar-refractivity contribution in [2.45, 2.75) is 51.7 Å². The number of rotatable bonds is 8. The lowest BCUT2D eigenvalue weighted by molar-refractivity contribution is -0.137. The van der Waals surface area contributed by atoms with E-state index in [1.807, 2.05) is 32.2 Å². The van der Waals surface area contributed by atoms with Crippen molar-refractivity contribution in [1.29, 1.82) is 0 Å². The Morgan fingerprint density at radius 3 is 1.87 bits per heavy atom. The third-order valence-corrected chi connectivity index (χ3v) is 9.28. The lowest BCUT2D eigenvalue weighted by Crippen LogP contribution is -2.51. The molecular weight excluding hydrogens is 596 g/mol. The Morgan fingerprint density at radius 1 is 0.872 bits per heavy atom. The molecule has 2 saturated heterocycles. The van der Waals surface area contributed by atoms with E-state index in [0.717, 1.165) is 52.4 Å². The van der Waals surface area contributed by atoms with Crippen molar-refractivity contribution in [3.63, 3.8) is 0 Å². The van der Waals surface area contributed by atoms with E-state index in [4.69, 9.17) is 4.74 Å². The molecule has 0 radical (unpaired) electrons. The van der Waals surface area contributed by atoms with Gasteiger partial charge in [0.05, 0.1) is 50.1 Å². The molecule has 6 rings (SSSR count). The van der Waals surface area contributed by atoms with E-state index in [1.54, 1.807) is 16.0 Å². The third kappa shape index (κ3) is 6.64. The molecule has 12 nitrogen and oxygen atoms in total. The van der Waals surface area contributed by atoms with Crippen LogP contribution in [0.25, 0.3) is 33.6 Å². The second-order valence-corrected chi connectivity index (χ2v) is 12.7. The monoisotopic (exact) mass is 638 g/mol. The number of methoxy groups -OCH3 is 1. The Hall–Kier alpha value is -4.97. The number of amides is 3. The molecular formula is C35H42N8O4. The molecule has 3 amide bonds. The predicted molar refractivity (Wildman–Crippen MR) is 178 cm³/mol. The van der Waals surface area contributed by atoms with Crippen molar-refractivity contribution in [3.05, 3.63) is 72.6 Å². The van der Waals surface area contributed by atoms with E-state index < -0.39 is 18.2 Å². The van der Waals surface area contributed by atoms with E-state index in [0.29, 0.717) is 18.4 Å². The summed E-state index contributed by atoms with van der Waals surface area (Å²) in [5.74, 6) is 0.952. The van der Waals surface area contributed by atoms with Gasteiger partial charge in [-0.2, -0.15) is 0 Å². The molecule has 0 saturated carbocycles. The van der Waals surface area contributed by atoms with Crippen LogP contribution in [0.5, 0.6) is 0 Å². The summed E-state index contributed by atoms with van der Waals surface area (Å²) in [6.45, 7) is 6.67. The first-order valence-corrected chi connectivity index (χ1v) is 16.0. The van der Waals surface area contributed by atoms with E-state index in [1.165, 1.54) is 20.5 Å². The van der Waals surface area contributed by atoms with Crippen LogP contribution in [0.4, 0.5) is 4.79 Å². The molecule has 3 atom stereocenters. The number of ether oxygens (including phenoxy) is 1. The number of hydrogen-bond donors (Lipinski definition) is 3. The normalized spacial score (nSPS) is 18.9. The predicted octanol–water partition coefficient (Wildman–Crippen LogP) is 4.97. The topological polar surface area (TPSA) is 140 Å². The van der Waals surface area contributed by atoms with Gasteiger partial charge in [-0.05, 0) is 54.6 Å². The number of carbonyl (C=O) groups excluding carboxylic acids is 3. The molecule has 12 heteroatoms. The lowest BCUT2D eigenvalue weighted by atomic mass is 10.0. The number of aromatic amines is 2. The minimum Gasteiger partial charge on any atom is -0.453 e. The summed E-state index contributed by atoms with van der Waals surface area (Å²) in [5, 5.41) is 2.64. The van der Waals surface area contributed by atoms with Crippen molar-refractivity contribution in [3.8, 4) is 33.6 Å². The van der Waals surface area contributed by atoms with Crippen LogP contribution in [0.3, 0.4) is 0 Å². The number of imidazole rings is 2. The van der Waals surface area contributed by atoms with Crippen LogP contribution < -0.4 is 5.32 Å². The van der Waals surface area contributed by atoms with Crippen LogP contribution in [-0.2, 0) is 14.3 Å². The summed E-state index contributed by atoms with van der Waals surface area (Å²) in [5.41, 5.74) is 6.04. The van der Waals surface area contributed by atoms with Crippen molar-refractivity contribution in [1.82, 2.24) is 40.0 Å². The van der Waals surface area contributed by atoms with Crippen molar-refractivity contribution in [2.75, 3.05) is 33.9 Å². The number of carbonyl (C=O) groups is 3. The number of likely N-dealkylation sites (tertiary alicyclic amines) is 1. The second-order valence-electron chi connectivity index (χ2n) is 12.7. The minimum atomic E-state index is -0.816. The molecule has 0 bridgehead atoms. The van der Waals surface area contributed by atoms with Crippen molar-refractivity contribution in [2.24, 2.45) is 5.92 Å². The van der Waals surface area contributed by atoms with Gasteiger partial charge in [0.15, 0.2) is 0 Å². The number of aromatic nitrogens is 4. The standard InChI is InChI=1S/C35H42N8O4/c1-21(2)31(40-35(46)47-5)34(45)43-20-42(22(3)44)19-30(43)33-37-18-28(39-33)26-14-10-24(11-15-26)23-8-12-25(13-9-23)27-17-36-32(38-27)29-7-6-16-41(29)4/h8-15,17-18,21,29-31H,6-7,16,19-20H2,1-5H3,(H,36,38)(H,37,39)(H,40,46)/t29-,30-,31-/m0/s1. The molecule has 2 fully saturated rings. The fourth-order valence-electron chi connectivity index (χ4n) is 6.46. The van der Waals surface area contributed by atoms with E-state index in [9.17, 15) is 14.4 Å². The van der Waals surface area contributed by atoms with Gasteiger partial charge in [-0.15, -0.1) is 0 Å². The van der Waals surface area contributed by atoms with Crippen LogP contribution in [0.15, 0.2) is 60.9 Å². The molecule has 0 spiro atoms. The molecule has 2 aromatic heterocycles. The smallest absolute Gasteiger partial charge is 0.407 e. The van der Waals surface area contributed by atoms with Crippen molar-refractivity contribution >= 4 is 17.9 Å². The number of alkyl carbamates (subject to hydrolysis) is 1. The highest BCUT2D eigenvalue weighted by Crippen LogP contribution is 2.32. The maximum absolute atomic E-state index is 13.7. The fourth-order valence-corrected chi connectivity index (χ4v) is 6.46. The molecule has 2 aliphatic rings. The Morgan fingerprint density at radius 2 is 1.40 bits per heavy atom. The van der Waals surface area contributed by atoms with Gasteiger partial charge in [-0.25, -0.2) is 14.8 Å². The average Bonchev–Trinajstić information content (AvgIpc) is 3.89. The van der Waals surface area contributed by atoms with Crippen LogP contribution in [0.2, 0.25) is 0 Å². The van der Waals surface area contributed by atoms with Gasteiger partial charge in [0, 0.05) is 6.92 Å². The Bertz CT molecular complexity index is 1730. The van der Waals surface area contributed by atoms with Gasteiger partial charge in [-0.1, -0.05) is 62.4 Å². The summed E-state index contributed by atoms with van der Waals surface area (Å²) in [4.78, 5) is 59.7. The first-order chi connectivity index (χ1) is 22.6. The summed E-state index contributed by atoms with van der Waals surface area (Å²) in [7, 11) is 3.41. The highest BCUT2D eigenvalue weighted by atomic mass is 16.5. The first kappa shape index (κ1) is 32.0. The molecule has 4 heterocycles. The van der Waals surface area contributed by atoms with E-state index in [2.05, 4.69) is 73.6 Å². The van der Waals surface area contributed by atoms with Gasteiger partial charge in [0.2, 0.25) is 11.8 Å². The third-order valence-electron chi connectivity index (χ3n) is 9.28. The Kier molecular flexibility index (Phi) is 9.12. The Balaban J connectivity index is 1.16. The molecule has 2 aromatic carbocycles. The van der Waals surface area contributed by atoms with Crippen LogP contribution in [-0.4, -0.2) is 92.5 Å². The maximum Gasteiger partial charge on any atom is 0.407 e. The summed E-state index contributed by atoms with van der Waals surface area (Å²) >= 11 is 0. The van der Waals surface area contributed by atoms with Gasteiger partial charge in [0.1, 0.15) is 23.7 Å². The highest BCUT2D eigenvalue weighted by molar-refractivity contribution is 5.87. The second kappa shape index (κ2) is 13.4. The van der Waals surface area contributed by atoms with E-state index in [-0.39, 0.29) is 24.4 Å². The van der Waals surface area contributed by atoms with Gasteiger partial charge < -0.3 is 29.8 Å². The molecule has 2 aliphatic heterocycles. The SMILES string of the molecule is COC(=O)N[C@H](C(=O)N1CN(C(C)=O)C[C@H]1c1ncc(-c2ccc(-c3ccc(-c4cnc([C@@H]5CCCN5C)[nH]4)cc3)cc2)[nH]1)C(C)C. The molecule has 0 unspecified atom stereocenters. The highest BCUT2D eigenvalue weighted by Gasteiger charge is 2.41. The van der Waals surface area contributed by atoms with Gasteiger partial charge in [-0.3, -0.25) is 14.5 Å². The zero-order valence-corrected chi connectivity index (χ0v) is 27.5. The van der Waals surface area contributed by atoms with Gasteiger partial charge in [0.25, 0.3) is 0 Å². The molecule has 246 valence electrons. The van der Waals surface area contributed by atoms with Crippen molar-refractivity contribution < 1.29 is 19.1 Å². The molecule has 4 aromatic rings. The largest absolute Gasteiger partial charge is 0.453 e. The Labute approximate surface area is 274 Å². The van der Waals surface area contributed by atoms with E-state index >= 15 is 0 Å². The quantitative estimate of drug-likeness (QED) is 0.248. The van der Waals surface area contributed by atoms with Crippen LogP contribution in [0.1, 0.15) is 57.3 Å². The summed E-state index contributed by atoms with van der Waals surface area (Å²) in [6, 6.07) is 15.7. The van der Waals surface area contributed by atoms with Crippen LogP contribution in [0, 0.1) is 5.92 Å². The number of benzene rings is 2. The summed E-state index contributed by atoms with van der Waals surface area (Å²) in [6.07, 6.45) is 5.31. The minimum absolute atomic E-state index is 0.105. The fraction of sp³-hybridized carbons (Fsp3) is 0.400. The average molecular weight is 639 g/mol. The lowest BCUT2D eigenvalue weighted by Gasteiger charge is -2.29. The first-order valence-electron chi connectivity index (χ1n) is 16.0. The zero-order chi connectivity index (χ0) is 33.2. The number of hydrogen-bond acceptors (Lipinski definition) is 7. The molecule has 3 N–H and O–H groups in total. The number of H-pyrrole nitrogens is 2. The summed E-state index contributed by atoms with van der Waals surface area (Å²) < 4.78 is 4.74. The van der Waals surface area contributed by atoms with Crippen LogP contribution >= 0.6 is 0 Å².